The molecule has 4 nitrogen and oxygen atoms in total. The summed E-state index contributed by atoms with van der Waals surface area (Å²) in [5, 5.41) is 3.25. The summed E-state index contributed by atoms with van der Waals surface area (Å²) in [6.07, 6.45) is 0.854. The predicted octanol–water partition coefficient (Wildman–Crippen LogP) is 4.22. The van der Waals surface area contributed by atoms with Gasteiger partial charge in [-0.2, -0.15) is 0 Å². The lowest BCUT2D eigenvalue weighted by atomic mass is 10.1. The van der Waals surface area contributed by atoms with Gasteiger partial charge in [0.05, 0.1) is 0 Å². The Morgan fingerprint density at radius 2 is 1.88 bits per heavy atom. The number of halogens is 1. The van der Waals surface area contributed by atoms with Crippen molar-refractivity contribution in [1.82, 2.24) is 5.32 Å². The van der Waals surface area contributed by atoms with Crippen molar-refractivity contribution in [2.24, 2.45) is 0 Å². The van der Waals surface area contributed by atoms with Crippen LogP contribution >= 0.6 is 11.3 Å². The molecule has 1 aliphatic rings. The first kappa shape index (κ1) is 16.7. The molecule has 0 aliphatic heterocycles. The van der Waals surface area contributed by atoms with Crippen molar-refractivity contribution in [3.63, 3.8) is 0 Å². The van der Waals surface area contributed by atoms with Crippen molar-refractivity contribution in [3.05, 3.63) is 70.9 Å². The van der Waals surface area contributed by atoms with E-state index in [1.54, 1.807) is 36.4 Å². The molecule has 0 saturated heterocycles. The molecule has 1 saturated carbocycles. The maximum absolute atomic E-state index is 13.9. The second-order valence-corrected chi connectivity index (χ2v) is 7.32. The second-order valence-electron chi connectivity index (χ2n) is 6.24. The van der Waals surface area contributed by atoms with Gasteiger partial charge in [-0.15, -0.1) is 11.3 Å². The van der Waals surface area contributed by atoms with Gasteiger partial charge in [0, 0.05) is 21.7 Å². The van der Waals surface area contributed by atoms with Crippen LogP contribution in [0, 0.1) is 5.82 Å². The molecule has 0 bridgehead atoms. The molecule has 1 aliphatic carbocycles. The average molecular weight is 369 g/mol. The Morgan fingerprint density at radius 3 is 2.58 bits per heavy atom. The first-order chi connectivity index (χ1) is 12.6. The molecule has 2 aromatic carbocycles. The SMILES string of the molecule is O=C(O[C@H](C(=O)NC1CC1)c1ccccc1)c1cc2c(F)cccc2s1. The predicted molar refractivity (Wildman–Crippen MR) is 97.5 cm³/mol. The van der Waals surface area contributed by atoms with Gasteiger partial charge >= 0.3 is 5.97 Å². The average Bonchev–Trinajstić information content (AvgIpc) is 3.34. The molecule has 132 valence electrons. The van der Waals surface area contributed by atoms with E-state index in [0.717, 1.165) is 24.2 Å². The maximum atomic E-state index is 13.9. The Hall–Kier alpha value is -2.73. The number of esters is 1. The van der Waals surface area contributed by atoms with Crippen molar-refractivity contribution in [2.45, 2.75) is 25.0 Å². The number of nitrogens with one attached hydrogen (secondary N) is 1. The Labute approximate surface area is 153 Å². The summed E-state index contributed by atoms with van der Waals surface area (Å²) in [5.41, 5.74) is 0.603. The molecule has 1 N–H and O–H groups in total. The van der Waals surface area contributed by atoms with Crippen LogP contribution in [0.15, 0.2) is 54.6 Å². The zero-order chi connectivity index (χ0) is 18.1. The number of carbonyl (C=O) groups is 2. The summed E-state index contributed by atoms with van der Waals surface area (Å²) in [5.74, 6) is -1.35. The molecule has 1 atom stereocenters. The standard InChI is InChI=1S/C20H16FNO3S/c21-15-7-4-8-16-14(15)11-17(26-16)20(24)25-18(12-5-2-1-3-6-12)19(23)22-13-9-10-13/h1-8,11,13,18H,9-10H2,(H,22,23)/t18-/m0/s1. The van der Waals surface area contributed by atoms with Crippen molar-refractivity contribution in [1.29, 1.82) is 0 Å². The minimum Gasteiger partial charge on any atom is -0.443 e. The Balaban J connectivity index is 1.60. The molecular weight excluding hydrogens is 353 g/mol. The van der Waals surface area contributed by atoms with Crippen LogP contribution in [0.2, 0.25) is 0 Å². The lowest BCUT2D eigenvalue weighted by Crippen LogP contribution is -2.33. The van der Waals surface area contributed by atoms with Gasteiger partial charge in [0.2, 0.25) is 6.10 Å². The smallest absolute Gasteiger partial charge is 0.349 e. The highest BCUT2D eigenvalue weighted by molar-refractivity contribution is 7.20. The van der Waals surface area contributed by atoms with E-state index in [0.29, 0.717) is 15.6 Å². The van der Waals surface area contributed by atoms with Crippen LogP contribution in [-0.2, 0) is 9.53 Å². The van der Waals surface area contributed by atoms with Crippen molar-refractivity contribution in [3.8, 4) is 0 Å². The third-order valence-corrected chi connectivity index (χ3v) is 5.28. The number of ether oxygens (including phenoxy) is 1. The fourth-order valence-corrected chi connectivity index (χ4v) is 3.65. The first-order valence-electron chi connectivity index (χ1n) is 8.36. The van der Waals surface area contributed by atoms with Gasteiger partial charge in [-0.3, -0.25) is 4.79 Å². The van der Waals surface area contributed by atoms with Gasteiger partial charge in [0.25, 0.3) is 5.91 Å². The summed E-state index contributed by atoms with van der Waals surface area (Å²) in [4.78, 5) is 25.4. The molecule has 3 aromatic rings. The van der Waals surface area contributed by atoms with Crippen molar-refractivity contribution >= 4 is 33.3 Å². The Morgan fingerprint density at radius 1 is 1.12 bits per heavy atom. The quantitative estimate of drug-likeness (QED) is 0.685. The van der Waals surface area contributed by atoms with Crippen LogP contribution in [0.5, 0.6) is 0 Å². The van der Waals surface area contributed by atoms with Crippen LogP contribution in [0.25, 0.3) is 10.1 Å². The fourth-order valence-electron chi connectivity index (χ4n) is 2.70. The lowest BCUT2D eigenvalue weighted by molar-refractivity contribution is -0.130. The highest BCUT2D eigenvalue weighted by Crippen LogP contribution is 2.30. The molecule has 0 spiro atoms. The van der Waals surface area contributed by atoms with E-state index in [9.17, 15) is 14.0 Å². The number of rotatable bonds is 5. The molecule has 6 heteroatoms. The molecular formula is C20H16FNO3S. The van der Waals surface area contributed by atoms with E-state index in [1.165, 1.54) is 12.1 Å². The van der Waals surface area contributed by atoms with Crippen LogP contribution in [0.1, 0.15) is 34.2 Å². The molecule has 1 amide bonds. The van der Waals surface area contributed by atoms with Gasteiger partial charge < -0.3 is 10.1 Å². The maximum Gasteiger partial charge on any atom is 0.349 e. The van der Waals surface area contributed by atoms with E-state index in [1.807, 2.05) is 6.07 Å². The number of carbonyl (C=O) groups excluding carboxylic acids is 2. The van der Waals surface area contributed by atoms with Crippen molar-refractivity contribution < 1.29 is 18.7 Å². The van der Waals surface area contributed by atoms with Crippen LogP contribution < -0.4 is 5.32 Å². The molecule has 1 fully saturated rings. The summed E-state index contributed by atoms with van der Waals surface area (Å²) in [7, 11) is 0. The third-order valence-electron chi connectivity index (χ3n) is 4.20. The van der Waals surface area contributed by atoms with Crippen LogP contribution in [-0.4, -0.2) is 17.9 Å². The molecule has 0 radical (unpaired) electrons. The zero-order valence-corrected chi connectivity index (χ0v) is 14.6. The zero-order valence-electron chi connectivity index (χ0n) is 13.8. The third kappa shape index (κ3) is 3.46. The van der Waals surface area contributed by atoms with Gasteiger partial charge in [-0.25, -0.2) is 9.18 Å². The van der Waals surface area contributed by atoms with Gasteiger partial charge in [-0.05, 0) is 31.0 Å². The minimum absolute atomic E-state index is 0.158. The molecule has 0 unspecified atom stereocenters. The second kappa shape index (κ2) is 6.88. The van der Waals surface area contributed by atoms with E-state index in [2.05, 4.69) is 5.32 Å². The first-order valence-corrected chi connectivity index (χ1v) is 9.18. The summed E-state index contributed by atoms with van der Waals surface area (Å²) in [6.45, 7) is 0. The van der Waals surface area contributed by atoms with Crippen LogP contribution in [0.4, 0.5) is 4.39 Å². The normalized spacial score (nSPS) is 14.8. The van der Waals surface area contributed by atoms with E-state index >= 15 is 0 Å². The van der Waals surface area contributed by atoms with E-state index < -0.39 is 12.1 Å². The minimum atomic E-state index is -1.03. The topological polar surface area (TPSA) is 55.4 Å². The highest BCUT2D eigenvalue weighted by Gasteiger charge is 2.31. The molecule has 1 heterocycles. The Bertz CT molecular complexity index is 966. The van der Waals surface area contributed by atoms with Crippen molar-refractivity contribution in [2.75, 3.05) is 0 Å². The fraction of sp³-hybridized carbons (Fsp3) is 0.200. The number of hydrogen-bond acceptors (Lipinski definition) is 4. The van der Waals surface area contributed by atoms with Gasteiger partial charge in [0.15, 0.2) is 0 Å². The molecule has 4 rings (SSSR count). The molecule has 26 heavy (non-hydrogen) atoms. The largest absolute Gasteiger partial charge is 0.443 e. The van der Waals surface area contributed by atoms with Gasteiger partial charge in [-0.1, -0.05) is 36.4 Å². The number of amides is 1. The number of thiophene rings is 1. The van der Waals surface area contributed by atoms with E-state index in [-0.39, 0.29) is 22.6 Å². The highest BCUT2D eigenvalue weighted by atomic mass is 32.1. The summed E-state index contributed by atoms with van der Waals surface area (Å²) >= 11 is 1.15. The number of benzene rings is 2. The van der Waals surface area contributed by atoms with E-state index in [4.69, 9.17) is 4.74 Å². The lowest BCUT2D eigenvalue weighted by Gasteiger charge is -2.17. The summed E-state index contributed by atoms with van der Waals surface area (Å²) < 4.78 is 20.0. The van der Waals surface area contributed by atoms with Crippen LogP contribution in [0.3, 0.4) is 0 Å². The number of fused-ring (bicyclic) bond motifs is 1. The molecule has 1 aromatic heterocycles. The number of hydrogen-bond donors (Lipinski definition) is 1. The summed E-state index contributed by atoms with van der Waals surface area (Å²) in [6, 6.07) is 15.2. The Kier molecular flexibility index (Phi) is 4.42. The monoisotopic (exact) mass is 369 g/mol. The van der Waals surface area contributed by atoms with Gasteiger partial charge in [0.1, 0.15) is 10.7 Å².